The Labute approximate surface area is 165 Å². The highest BCUT2D eigenvalue weighted by atomic mass is 32.2. The molecule has 5 rings (SSSR count). The summed E-state index contributed by atoms with van der Waals surface area (Å²) in [6.45, 7) is 3.34. The molecule has 1 aliphatic heterocycles. The highest BCUT2D eigenvalue weighted by molar-refractivity contribution is 7.98. The van der Waals surface area contributed by atoms with Gasteiger partial charge >= 0.3 is 0 Å². The highest BCUT2D eigenvalue weighted by Crippen LogP contribution is 2.32. The average molecular weight is 396 g/mol. The molecule has 1 unspecified atom stereocenters. The fourth-order valence-corrected chi connectivity index (χ4v) is 4.31. The Balaban J connectivity index is 1.50. The molecule has 144 valence electrons. The van der Waals surface area contributed by atoms with Gasteiger partial charge in [-0.05, 0) is 18.9 Å². The van der Waals surface area contributed by atoms with Crippen molar-refractivity contribution < 1.29 is 9.15 Å². The molecule has 0 aliphatic carbocycles. The minimum Gasteiger partial charge on any atom is -0.425 e. The summed E-state index contributed by atoms with van der Waals surface area (Å²) in [4.78, 5) is 3.32. The number of hydrogen-bond acceptors (Lipinski definition) is 7. The zero-order valence-electron chi connectivity index (χ0n) is 15.5. The lowest BCUT2D eigenvalue weighted by Crippen LogP contribution is -2.16. The predicted octanol–water partition coefficient (Wildman–Crippen LogP) is 3.59. The molecule has 1 atom stereocenters. The van der Waals surface area contributed by atoms with Crippen LogP contribution in [-0.2, 0) is 17.0 Å². The van der Waals surface area contributed by atoms with Gasteiger partial charge in [-0.25, -0.2) is 0 Å². The third-order valence-electron chi connectivity index (χ3n) is 4.85. The van der Waals surface area contributed by atoms with E-state index in [1.54, 1.807) is 18.7 Å². The number of H-pyrrole nitrogens is 1. The van der Waals surface area contributed by atoms with Gasteiger partial charge in [0, 0.05) is 36.2 Å². The Hall–Kier alpha value is -2.65. The lowest BCUT2D eigenvalue weighted by Gasteiger charge is -2.14. The van der Waals surface area contributed by atoms with Crippen molar-refractivity contribution in [2.75, 3.05) is 6.61 Å². The molecule has 9 heteroatoms. The van der Waals surface area contributed by atoms with Crippen molar-refractivity contribution in [1.82, 2.24) is 29.9 Å². The molecule has 0 saturated carbocycles. The number of para-hydroxylation sites is 1. The summed E-state index contributed by atoms with van der Waals surface area (Å²) in [7, 11) is 0. The van der Waals surface area contributed by atoms with Crippen LogP contribution in [0.15, 0.2) is 40.0 Å². The van der Waals surface area contributed by atoms with Gasteiger partial charge in [-0.1, -0.05) is 30.0 Å². The summed E-state index contributed by atoms with van der Waals surface area (Å²) in [6, 6.07) is 8.22. The first-order valence-corrected chi connectivity index (χ1v) is 10.3. The van der Waals surface area contributed by atoms with Gasteiger partial charge in [0.25, 0.3) is 0 Å². The third-order valence-corrected chi connectivity index (χ3v) is 5.80. The molecule has 1 fully saturated rings. The molecule has 1 N–H and O–H groups in total. The van der Waals surface area contributed by atoms with Gasteiger partial charge in [-0.15, -0.1) is 20.4 Å². The molecule has 8 nitrogen and oxygen atoms in total. The largest absolute Gasteiger partial charge is 0.425 e. The second-order valence-corrected chi connectivity index (χ2v) is 7.75. The van der Waals surface area contributed by atoms with Gasteiger partial charge in [-0.3, -0.25) is 4.57 Å². The molecule has 28 heavy (non-hydrogen) atoms. The van der Waals surface area contributed by atoms with Gasteiger partial charge in [0.15, 0.2) is 11.0 Å². The van der Waals surface area contributed by atoms with Gasteiger partial charge in [0.2, 0.25) is 11.8 Å². The number of aromatic nitrogens is 6. The first kappa shape index (κ1) is 17.4. The van der Waals surface area contributed by atoms with Gasteiger partial charge in [0.05, 0.1) is 18.4 Å². The van der Waals surface area contributed by atoms with E-state index < -0.39 is 0 Å². The van der Waals surface area contributed by atoms with Crippen molar-refractivity contribution in [3.8, 4) is 11.4 Å². The Bertz CT molecular complexity index is 1090. The molecular formula is C19H20N6O2S. The van der Waals surface area contributed by atoms with Crippen LogP contribution < -0.4 is 0 Å². The van der Waals surface area contributed by atoms with Crippen molar-refractivity contribution in [3.63, 3.8) is 0 Å². The number of nitrogens with zero attached hydrogens (tertiary/aromatic N) is 5. The number of hydrogen-bond donors (Lipinski definition) is 1. The SMILES string of the molecule is Cc1nnc(CSc2nnc(-c3c[nH]c4ccccc34)n2CC2CCCO2)o1. The number of nitrogens with one attached hydrogen (secondary N) is 1. The van der Waals surface area contributed by atoms with Crippen LogP contribution >= 0.6 is 11.8 Å². The molecule has 1 aromatic carbocycles. The normalized spacial score (nSPS) is 17.0. The second kappa shape index (κ2) is 7.40. The van der Waals surface area contributed by atoms with E-state index in [2.05, 4.69) is 42.1 Å². The highest BCUT2D eigenvalue weighted by Gasteiger charge is 2.23. The van der Waals surface area contributed by atoms with Crippen LogP contribution in [0.4, 0.5) is 0 Å². The topological polar surface area (TPSA) is 94.7 Å². The van der Waals surface area contributed by atoms with Crippen LogP contribution in [-0.4, -0.2) is 42.7 Å². The van der Waals surface area contributed by atoms with E-state index in [-0.39, 0.29) is 6.10 Å². The average Bonchev–Trinajstić information content (AvgIpc) is 3.48. The zero-order valence-corrected chi connectivity index (χ0v) is 16.3. The summed E-state index contributed by atoms with van der Waals surface area (Å²) in [5, 5.41) is 18.9. The maximum atomic E-state index is 5.87. The third kappa shape index (κ3) is 3.31. The molecule has 0 amide bonds. The molecule has 4 aromatic rings. The lowest BCUT2D eigenvalue weighted by molar-refractivity contribution is 0.0953. The maximum absolute atomic E-state index is 5.87. The molecular weight excluding hydrogens is 376 g/mol. The summed E-state index contributed by atoms with van der Waals surface area (Å²) in [5.41, 5.74) is 2.13. The molecule has 0 spiro atoms. The summed E-state index contributed by atoms with van der Waals surface area (Å²) < 4.78 is 13.5. The molecule has 1 aliphatic rings. The Morgan fingerprint density at radius 2 is 2.14 bits per heavy atom. The molecule has 1 saturated heterocycles. The van der Waals surface area contributed by atoms with Gasteiger partial charge in [-0.2, -0.15) is 0 Å². The summed E-state index contributed by atoms with van der Waals surface area (Å²) >= 11 is 1.55. The standard InChI is InChI=1S/C19H20N6O2S/c1-12-21-22-17(27-12)11-28-19-24-23-18(25(19)10-13-5-4-8-26-13)15-9-20-16-7-3-2-6-14(15)16/h2-3,6-7,9,13,20H,4-5,8,10-11H2,1H3. The van der Waals surface area contributed by atoms with Crippen molar-refractivity contribution in [2.45, 2.75) is 43.3 Å². The number of thioether (sulfide) groups is 1. The van der Waals surface area contributed by atoms with E-state index in [0.29, 0.717) is 17.5 Å². The van der Waals surface area contributed by atoms with Crippen LogP contribution in [0.2, 0.25) is 0 Å². The van der Waals surface area contributed by atoms with E-state index in [9.17, 15) is 0 Å². The van der Waals surface area contributed by atoms with E-state index in [1.807, 2.05) is 18.3 Å². The Kier molecular flexibility index (Phi) is 4.61. The lowest BCUT2D eigenvalue weighted by atomic mass is 10.1. The van der Waals surface area contributed by atoms with Gasteiger partial charge in [0.1, 0.15) is 0 Å². The molecule has 3 aromatic heterocycles. The van der Waals surface area contributed by atoms with Crippen LogP contribution in [0.1, 0.15) is 24.6 Å². The fourth-order valence-electron chi connectivity index (χ4n) is 3.53. The number of fused-ring (bicyclic) bond motifs is 1. The molecule has 4 heterocycles. The molecule has 0 radical (unpaired) electrons. The number of rotatable bonds is 6. The minimum atomic E-state index is 0.185. The predicted molar refractivity (Wildman–Crippen MR) is 105 cm³/mol. The van der Waals surface area contributed by atoms with Crippen LogP contribution in [0, 0.1) is 6.92 Å². The van der Waals surface area contributed by atoms with Crippen molar-refractivity contribution in [1.29, 1.82) is 0 Å². The minimum absolute atomic E-state index is 0.185. The number of ether oxygens (including phenoxy) is 1. The van der Waals surface area contributed by atoms with E-state index in [4.69, 9.17) is 9.15 Å². The second-order valence-electron chi connectivity index (χ2n) is 6.80. The van der Waals surface area contributed by atoms with E-state index in [0.717, 1.165) is 53.4 Å². The fraction of sp³-hybridized carbons (Fsp3) is 0.368. The maximum Gasteiger partial charge on any atom is 0.226 e. The van der Waals surface area contributed by atoms with E-state index >= 15 is 0 Å². The first-order chi connectivity index (χ1) is 13.8. The van der Waals surface area contributed by atoms with Gasteiger partial charge < -0.3 is 14.1 Å². The van der Waals surface area contributed by atoms with Crippen LogP contribution in [0.25, 0.3) is 22.3 Å². The van der Waals surface area contributed by atoms with Crippen molar-refractivity contribution in [2.24, 2.45) is 0 Å². The summed E-state index contributed by atoms with van der Waals surface area (Å²) in [5.74, 6) is 2.55. The van der Waals surface area contributed by atoms with Crippen LogP contribution in [0.3, 0.4) is 0 Å². The summed E-state index contributed by atoms with van der Waals surface area (Å²) in [6.07, 6.45) is 4.33. The number of benzene rings is 1. The van der Waals surface area contributed by atoms with Crippen molar-refractivity contribution >= 4 is 22.7 Å². The monoisotopic (exact) mass is 396 g/mol. The van der Waals surface area contributed by atoms with Crippen molar-refractivity contribution in [3.05, 3.63) is 42.2 Å². The Morgan fingerprint density at radius 3 is 2.96 bits per heavy atom. The van der Waals surface area contributed by atoms with E-state index in [1.165, 1.54) is 0 Å². The first-order valence-electron chi connectivity index (χ1n) is 9.31. The Morgan fingerprint density at radius 1 is 1.21 bits per heavy atom. The number of aromatic amines is 1. The quantitative estimate of drug-likeness (QED) is 0.498. The van der Waals surface area contributed by atoms with Crippen LogP contribution in [0.5, 0.6) is 0 Å². The smallest absolute Gasteiger partial charge is 0.226 e. The molecule has 0 bridgehead atoms. The number of aryl methyl sites for hydroxylation is 1. The zero-order chi connectivity index (χ0) is 18.9.